The minimum Gasteiger partial charge on any atom is -0.493 e. The molecule has 0 amide bonds. The highest BCUT2D eigenvalue weighted by atomic mass is 32.1. The first kappa shape index (κ1) is 17.7. The van der Waals surface area contributed by atoms with Gasteiger partial charge in [0.25, 0.3) is 0 Å². The van der Waals surface area contributed by atoms with Crippen LogP contribution in [0.4, 0.5) is 5.82 Å². The number of nitrogens with one attached hydrogen (secondary N) is 1. The Bertz CT molecular complexity index is 1020. The molecule has 0 fully saturated rings. The summed E-state index contributed by atoms with van der Waals surface area (Å²) in [7, 11) is 0. The van der Waals surface area contributed by atoms with Crippen LogP contribution in [0.5, 0.6) is 5.75 Å². The second-order valence-electron chi connectivity index (χ2n) is 6.45. The molecule has 0 spiro atoms. The lowest BCUT2D eigenvalue weighted by Gasteiger charge is -2.27. The molecule has 1 atom stereocenters. The Balaban J connectivity index is 1.77. The van der Waals surface area contributed by atoms with Crippen molar-refractivity contribution in [2.75, 3.05) is 18.5 Å². The Labute approximate surface area is 161 Å². The van der Waals surface area contributed by atoms with E-state index in [2.05, 4.69) is 21.4 Å². The summed E-state index contributed by atoms with van der Waals surface area (Å²) in [5.74, 6) is 2.01. The number of benzene rings is 1. The van der Waals surface area contributed by atoms with E-state index in [0.717, 1.165) is 39.3 Å². The number of esters is 1. The van der Waals surface area contributed by atoms with Gasteiger partial charge >= 0.3 is 5.97 Å². The summed E-state index contributed by atoms with van der Waals surface area (Å²) in [5, 5.41) is 4.46. The third-order valence-corrected chi connectivity index (χ3v) is 5.80. The third-order valence-electron chi connectivity index (χ3n) is 4.63. The molecular formula is C20H21N3O3S. The Morgan fingerprint density at radius 3 is 2.96 bits per heavy atom. The number of hydrogen-bond donors (Lipinski definition) is 1. The van der Waals surface area contributed by atoms with Gasteiger partial charge in [-0.1, -0.05) is 18.2 Å². The summed E-state index contributed by atoms with van der Waals surface area (Å²) >= 11 is 1.36. The zero-order valence-electron chi connectivity index (χ0n) is 15.5. The molecule has 7 heteroatoms. The van der Waals surface area contributed by atoms with Crippen LogP contribution in [-0.2, 0) is 4.74 Å². The second kappa shape index (κ2) is 7.15. The van der Waals surface area contributed by atoms with E-state index < -0.39 is 0 Å². The number of carbonyl (C=O) groups excluding carboxylic acids is 1. The van der Waals surface area contributed by atoms with Gasteiger partial charge in [0, 0.05) is 12.0 Å². The maximum atomic E-state index is 12.3. The average Bonchev–Trinajstić information content (AvgIpc) is 2.99. The first-order valence-electron chi connectivity index (χ1n) is 9.01. The highest BCUT2D eigenvalue weighted by Crippen LogP contribution is 2.38. The number of carbonyl (C=O) groups is 1. The number of anilines is 1. The molecule has 1 unspecified atom stereocenters. The van der Waals surface area contributed by atoms with Crippen LogP contribution in [0, 0.1) is 13.8 Å². The first-order valence-corrected chi connectivity index (χ1v) is 9.83. The maximum absolute atomic E-state index is 12.3. The smallest absolute Gasteiger partial charge is 0.348 e. The molecule has 0 saturated heterocycles. The maximum Gasteiger partial charge on any atom is 0.348 e. The van der Waals surface area contributed by atoms with Crippen LogP contribution in [0.3, 0.4) is 0 Å². The molecular weight excluding hydrogens is 362 g/mol. The van der Waals surface area contributed by atoms with Crippen LogP contribution in [0.15, 0.2) is 24.3 Å². The number of ether oxygens (including phenoxy) is 2. The summed E-state index contributed by atoms with van der Waals surface area (Å²) in [5.41, 5.74) is 1.97. The molecule has 0 radical (unpaired) electrons. The van der Waals surface area contributed by atoms with Gasteiger partial charge in [-0.3, -0.25) is 0 Å². The van der Waals surface area contributed by atoms with Crippen molar-refractivity contribution < 1.29 is 14.3 Å². The fourth-order valence-electron chi connectivity index (χ4n) is 3.40. The molecule has 1 aromatic carbocycles. The predicted molar refractivity (Wildman–Crippen MR) is 106 cm³/mol. The van der Waals surface area contributed by atoms with Crippen molar-refractivity contribution in [3.8, 4) is 5.75 Å². The van der Waals surface area contributed by atoms with E-state index >= 15 is 0 Å². The summed E-state index contributed by atoms with van der Waals surface area (Å²) in [6, 6.07) is 8.14. The zero-order chi connectivity index (χ0) is 19.0. The van der Waals surface area contributed by atoms with Crippen LogP contribution in [0.2, 0.25) is 0 Å². The zero-order valence-corrected chi connectivity index (χ0v) is 16.4. The molecule has 6 nitrogen and oxygen atoms in total. The summed E-state index contributed by atoms with van der Waals surface area (Å²) < 4.78 is 10.9. The highest BCUT2D eigenvalue weighted by molar-refractivity contribution is 7.20. The molecule has 2 aromatic heterocycles. The van der Waals surface area contributed by atoms with E-state index in [1.807, 2.05) is 32.0 Å². The molecule has 27 heavy (non-hydrogen) atoms. The number of aromatic nitrogens is 2. The molecule has 1 N–H and O–H groups in total. The molecule has 140 valence electrons. The number of hydrogen-bond acceptors (Lipinski definition) is 7. The second-order valence-corrected chi connectivity index (χ2v) is 7.45. The topological polar surface area (TPSA) is 73.3 Å². The molecule has 0 bridgehead atoms. The van der Waals surface area contributed by atoms with Crippen molar-refractivity contribution in [3.05, 3.63) is 46.1 Å². The van der Waals surface area contributed by atoms with Crippen molar-refractivity contribution in [2.24, 2.45) is 0 Å². The lowest BCUT2D eigenvalue weighted by Crippen LogP contribution is -2.21. The SMILES string of the molecule is CCOC(=O)c1sc2nc(C)nc(NC3CCOc4ccccc43)c2c1C. The van der Waals surface area contributed by atoms with Gasteiger partial charge in [0.05, 0.1) is 24.6 Å². The van der Waals surface area contributed by atoms with E-state index in [0.29, 0.717) is 23.9 Å². The molecule has 3 aromatic rings. The number of nitrogens with zero attached hydrogens (tertiary/aromatic N) is 2. The van der Waals surface area contributed by atoms with E-state index in [9.17, 15) is 4.79 Å². The summed E-state index contributed by atoms with van der Waals surface area (Å²) in [6.07, 6.45) is 0.843. The Morgan fingerprint density at radius 2 is 2.15 bits per heavy atom. The minimum absolute atomic E-state index is 0.0952. The normalized spacial score (nSPS) is 15.9. The van der Waals surface area contributed by atoms with Gasteiger partial charge in [0.2, 0.25) is 0 Å². The van der Waals surface area contributed by atoms with E-state index in [1.54, 1.807) is 6.92 Å². The van der Waals surface area contributed by atoms with Gasteiger partial charge in [-0.2, -0.15) is 0 Å². The molecule has 1 aliphatic heterocycles. The average molecular weight is 383 g/mol. The largest absolute Gasteiger partial charge is 0.493 e. The van der Waals surface area contributed by atoms with Crippen LogP contribution in [-0.4, -0.2) is 29.2 Å². The molecule has 3 heterocycles. The number of aryl methyl sites for hydroxylation is 2. The Morgan fingerprint density at radius 1 is 1.33 bits per heavy atom. The van der Waals surface area contributed by atoms with Crippen LogP contribution < -0.4 is 10.1 Å². The number of thiophene rings is 1. The number of para-hydroxylation sites is 1. The predicted octanol–water partition coefficient (Wildman–Crippen LogP) is 4.42. The summed E-state index contributed by atoms with van der Waals surface area (Å²) in [4.78, 5) is 22.8. The van der Waals surface area contributed by atoms with Crippen molar-refractivity contribution in [1.82, 2.24) is 9.97 Å². The molecule has 0 saturated carbocycles. The summed E-state index contributed by atoms with van der Waals surface area (Å²) in [6.45, 7) is 6.59. The Hall–Kier alpha value is -2.67. The molecule has 4 rings (SSSR count). The van der Waals surface area contributed by atoms with Crippen LogP contribution in [0.1, 0.15) is 46.0 Å². The van der Waals surface area contributed by atoms with Gasteiger partial charge in [0.15, 0.2) is 0 Å². The van der Waals surface area contributed by atoms with Crippen LogP contribution >= 0.6 is 11.3 Å². The van der Waals surface area contributed by atoms with Gasteiger partial charge in [-0.15, -0.1) is 11.3 Å². The van der Waals surface area contributed by atoms with Gasteiger partial charge < -0.3 is 14.8 Å². The highest BCUT2D eigenvalue weighted by Gasteiger charge is 2.25. The monoisotopic (exact) mass is 383 g/mol. The van der Waals surface area contributed by atoms with E-state index in [4.69, 9.17) is 9.47 Å². The van der Waals surface area contributed by atoms with Gasteiger partial charge in [-0.05, 0) is 32.4 Å². The quantitative estimate of drug-likeness (QED) is 0.672. The third kappa shape index (κ3) is 3.23. The van der Waals surface area contributed by atoms with Gasteiger partial charge in [0.1, 0.15) is 27.1 Å². The van der Waals surface area contributed by atoms with E-state index in [-0.39, 0.29) is 12.0 Å². The fraction of sp³-hybridized carbons (Fsp3) is 0.350. The lowest BCUT2D eigenvalue weighted by atomic mass is 10.0. The van der Waals surface area contributed by atoms with E-state index in [1.165, 1.54) is 11.3 Å². The van der Waals surface area contributed by atoms with Crippen molar-refractivity contribution >= 4 is 33.3 Å². The number of fused-ring (bicyclic) bond motifs is 2. The first-order chi connectivity index (χ1) is 13.1. The number of rotatable bonds is 4. The van der Waals surface area contributed by atoms with Crippen LogP contribution in [0.25, 0.3) is 10.2 Å². The van der Waals surface area contributed by atoms with Crippen molar-refractivity contribution in [1.29, 1.82) is 0 Å². The standard InChI is InChI=1S/C20H21N3O3S/c1-4-25-20(24)17-11(2)16-18(21-12(3)22-19(16)27-17)23-14-9-10-26-15-8-6-5-7-13(14)15/h5-8,14H,4,9-10H2,1-3H3,(H,21,22,23). The van der Waals surface area contributed by atoms with Gasteiger partial charge in [-0.25, -0.2) is 14.8 Å². The van der Waals surface area contributed by atoms with Crippen molar-refractivity contribution in [2.45, 2.75) is 33.2 Å². The molecule has 1 aliphatic rings. The van der Waals surface area contributed by atoms with Crippen molar-refractivity contribution in [3.63, 3.8) is 0 Å². The lowest BCUT2D eigenvalue weighted by molar-refractivity contribution is 0.0531. The fourth-order valence-corrected chi connectivity index (χ4v) is 4.52. The molecule has 0 aliphatic carbocycles. The Kier molecular flexibility index (Phi) is 4.70. The minimum atomic E-state index is -0.307.